The van der Waals surface area contributed by atoms with E-state index in [2.05, 4.69) is 10.6 Å². The molecule has 10 heteroatoms. The number of hydrogen-bond acceptors (Lipinski definition) is 5. The van der Waals surface area contributed by atoms with Crippen LogP contribution in [0.4, 0.5) is 8.78 Å². The highest BCUT2D eigenvalue weighted by molar-refractivity contribution is 7.91. The minimum absolute atomic E-state index is 0.0877. The average Bonchev–Trinajstić information content (AvgIpc) is 3.29. The average molecular weight is 479 g/mol. The Hall–Kier alpha value is -3.11. The third kappa shape index (κ3) is 5.98. The summed E-state index contributed by atoms with van der Waals surface area (Å²) in [6.07, 6.45) is 0.399. The van der Waals surface area contributed by atoms with Gasteiger partial charge in [-0.3, -0.25) is 9.59 Å². The minimum Gasteiger partial charge on any atom is -0.348 e. The SMILES string of the molecule is O=C(NCCc1ccc(F)cc1)C(=O)NC[C@H](c1cccs1)S(=O)(=O)c1ccc(F)cc1. The molecule has 3 rings (SSSR count). The lowest BCUT2D eigenvalue weighted by atomic mass is 10.1. The van der Waals surface area contributed by atoms with Crippen molar-refractivity contribution in [3.8, 4) is 0 Å². The van der Waals surface area contributed by atoms with Crippen LogP contribution in [0.25, 0.3) is 0 Å². The van der Waals surface area contributed by atoms with E-state index in [0.717, 1.165) is 29.8 Å². The van der Waals surface area contributed by atoms with E-state index in [0.29, 0.717) is 11.3 Å². The quantitative estimate of drug-likeness (QED) is 0.385. The van der Waals surface area contributed by atoms with Crippen molar-refractivity contribution in [2.75, 3.05) is 13.1 Å². The molecule has 0 radical (unpaired) electrons. The van der Waals surface area contributed by atoms with Crippen molar-refractivity contribution < 1.29 is 26.8 Å². The summed E-state index contributed by atoms with van der Waals surface area (Å²) in [4.78, 5) is 24.7. The van der Waals surface area contributed by atoms with Gasteiger partial charge in [0, 0.05) is 18.0 Å². The smallest absolute Gasteiger partial charge is 0.309 e. The van der Waals surface area contributed by atoms with Crippen molar-refractivity contribution >= 4 is 33.0 Å². The van der Waals surface area contributed by atoms with Gasteiger partial charge < -0.3 is 10.6 Å². The summed E-state index contributed by atoms with van der Waals surface area (Å²) in [5, 5.41) is 5.38. The zero-order valence-electron chi connectivity index (χ0n) is 16.8. The van der Waals surface area contributed by atoms with Crippen LogP contribution in [0.2, 0.25) is 0 Å². The van der Waals surface area contributed by atoms with Crippen LogP contribution in [-0.2, 0) is 25.8 Å². The Labute approximate surface area is 188 Å². The Morgan fingerprint density at radius 3 is 2.06 bits per heavy atom. The largest absolute Gasteiger partial charge is 0.348 e. The van der Waals surface area contributed by atoms with Crippen LogP contribution in [0.1, 0.15) is 15.7 Å². The van der Waals surface area contributed by atoms with E-state index < -0.39 is 32.7 Å². The van der Waals surface area contributed by atoms with Gasteiger partial charge in [-0.2, -0.15) is 0 Å². The lowest BCUT2D eigenvalue weighted by Gasteiger charge is -2.17. The second-order valence-corrected chi connectivity index (χ2v) is 9.96. The monoisotopic (exact) mass is 478 g/mol. The maximum absolute atomic E-state index is 13.2. The van der Waals surface area contributed by atoms with E-state index in [1.165, 1.54) is 23.5 Å². The zero-order valence-corrected chi connectivity index (χ0v) is 18.4. The van der Waals surface area contributed by atoms with Crippen LogP contribution in [0.5, 0.6) is 0 Å². The van der Waals surface area contributed by atoms with Crippen molar-refractivity contribution in [3.63, 3.8) is 0 Å². The first kappa shape index (κ1) is 23.6. The van der Waals surface area contributed by atoms with Gasteiger partial charge in [-0.05, 0) is 59.8 Å². The molecule has 168 valence electrons. The molecule has 0 aliphatic heterocycles. The van der Waals surface area contributed by atoms with E-state index in [1.54, 1.807) is 29.6 Å². The highest BCUT2D eigenvalue weighted by Crippen LogP contribution is 2.31. The Morgan fingerprint density at radius 1 is 0.875 bits per heavy atom. The van der Waals surface area contributed by atoms with Crippen molar-refractivity contribution in [2.24, 2.45) is 0 Å². The minimum atomic E-state index is -3.95. The first-order valence-corrected chi connectivity index (χ1v) is 12.0. The Balaban J connectivity index is 1.61. The molecule has 0 aliphatic rings. The Bertz CT molecular complexity index is 1160. The van der Waals surface area contributed by atoms with Gasteiger partial charge in [0.1, 0.15) is 16.9 Å². The fourth-order valence-corrected chi connectivity index (χ4v) is 5.73. The lowest BCUT2D eigenvalue weighted by Crippen LogP contribution is -2.42. The number of rotatable bonds is 8. The standard InChI is InChI=1S/C22H20F2N2O4S2/c23-16-5-3-15(4-6-16)11-12-25-21(27)22(28)26-14-20(19-2-1-13-31-19)32(29,30)18-9-7-17(24)8-10-18/h1-10,13,20H,11-12,14H2,(H,25,27)(H,26,28)/t20-/m1/s1. The van der Waals surface area contributed by atoms with E-state index in [1.807, 2.05) is 0 Å². The van der Waals surface area contributed by atoms with Crippen LogP contribution >= 0.6 is 11.3 Å². The fourth-order valence-electron chi connectivity index (χ4n) is 2.94. The second-order valence-electron chi connectivity index (χ2n) is 6.85. The summed E-state index contributed by atoms with van der Waals surface area (Å²) >= 11 is 1.20. The van der Waals surface area contributed by atoms with Gasteiger partial charge in [-0.15, -0.1) is 11.3 Å². The molecular weight excluding hydrogens is 458 g/mol. The van der Waals surface area contributed by atoms with Crippen molar-refractivity contribution in [2.45, 2.75) is 16.6 Å². The Morgan fingerprint density at radius 2 is 1.47 bits per heavy atom. The number of benzene rings is 2. The summed E-state index contributed by atoms with van der Waals surface area (Å²) in [6.45, 7) is -0.176. The molecule has 1 atom stereocenters. The first-order chi connectivity index (χ1) is 15.3. The third-order valence-electron chi connectivity index (χ3n) is 4.64. The molecule has 2 aromatic carbocycles. The first-order valence-electron chi connectivity index (χ1n) is 9.60. The molecule has 0 fully saturated rings. The number of nitrogens with one attached hydrogen (secondary N) is 2. The predicted octanol–water partition coefficient (Wildman–Crippen LogP) is 3.02. The number of carbonyl (C=O) groups is 2. The van der Waals surface area contributed by atoms with E-state index in [4.69, 9.17) is 0 Å². The van der Waals surface area contributed by atoms with Crippen LogP contribution in [0, 0.1) is 11.6 Å². The maximum Gasteiger partial charge on any atom is 0.309 e. The van der Waals surface area contributed by atoms with Crippen LogP contribution in [0.15, 0.2) is 70.9 Å². The molecule has 2 N–H and O–H groups in total. The maximum atomic E-state index is 13.2. The molecule has 3 aromatic rings. The Kier molecular flexibility index (Phi) is 7.70. The molecule has 0 spiro atoms. The summed E-state index contributed by atoms with van der Waals surface area (Å²) in [7, 11) is -3.95. The van der Waals surface area contributed by atoms with Crippen molar-refractivity contribution in [1.82, 2.24) is 10.6 Å². The zero-order chi connectivity index (χ0) is 23.1. The van der Waals surface area contributed by atoms with E-state index in [-0.39, 0.29) is 23.8 Å². The fraction of sp³-hybridized carbons (Fsp3) is 0.182. The highest BCUT2D eigenvalue weighted by atomic mass is 32.2. The number of carbonyl (C=O) groups excluding carboxylic acids is 2. The second kappa shape index (κ2) is 10.5. The van der Waals surface area contributed by atoms with Gasteiger partial charge in [-0.25, -0.2) is 17.2 Å². The van der Waals surface area contributed by atoms with Gasteiger partial charge in [-0.1, -0.05) is 18.2 Å². The number of hydrogen-bond donors (Lipinski definition) is 2. The molecular formula is C22H20F2N2O4S2. The molecule has 0 bridgehead atoms. The summed E-state index contributed by atoms with van der Waals surface area (Å²) in [5.74, 6) is -2.81. The molecule has 1 heterocycles. The molecule has 0 saturated carbocycles. The van der Waals surface area contributed by atoms with Crippen molar-refractivity contribution in [3.05, 3.63) is 88.1 Å². The van der Waals surface area contributed by atoms with E-state index in [9.17, 15) is 26.8 Å². The molecule has 1 aromatic heterocycles. The molecule has 2 amide bonds. The van der Waals surface area contributed by atoms with Gasteiger partial charge in [0.05, 0.1) is 4.90 Å². The molecule has 0 aliphatic carbocycles. The van der Waals surface area contributed by atoms with Gasteiger partial charge in [0.15, 0.2) is 9.84 Å². The molecule has 32 heavy (non-hydrogen) atoms. The number of thiophene rings is 1. The normalized spacial score (nSPS) is 12.2. The molecule has 6 nitrogen and oxygen atoms in total. The number of halogens is 2. The summed E-state index contributed by atoms with van der Waals surface area (Å²) in [5.41, 5.74) is 0.787. The lowest BCUT2D eigenvalue weighted by molar-refractivity contribution is -0.139. The van der Waals surface area contributed by atoms with Gasteiger partial charge in [0.25, 0.3) is 0 Å². The summed E-state index contributed by atoms with van der Waals surface area (Å²) < 4.78 is 52.3. The third-order valence-corrected chi connectivity index (χ3v) is 7.88. The van der Waals surface area contributed by atoms with Crippen LogP contribution < -0.4 is 10.6 Å². The van der Waals surface area contributed by atoms with Crippen LogP contribution in [0.3, 0.4) is 0 Å². The predicted molar refractivity (Wildman–Crippen MR) is 117 cm³/mol. The highest BCUT2D eigenvalue weighted by Gasteiger charge is 2.31. The number of amides is 2. The topological polar surface area (TPSA) is 92.3 Å². The number of sulfone groups is 1. The van der Waals surface area contributed by atoms with Gasteiger partial charge >= 0.3 is 11.8 Å². The van der Waals surface area contributed by atoms with E-state index >= 15 is 0 Å². The van der Waals surface area contributed by atoms with Crippen LogP contribution in [-0.4, -0.2) is 33.3 Å². The van der Waals surface area contributed by atoms with Crippen molar-refractivity contribution in [1.29, 1.82) is 0 Å². The molecule has 0 saturated heterocycles. The molecule has 0 unspecified atom stereocenters. The van der Waals surface area contributed by atoms with Gasteiger partial charge in [0.2, 0.25) is 0 Å². The summed E-state index contributed by atoms with van der Waals surface area (Å²) in [6, 6.07) is 13.5.